The van der Waals surface area contributed by atoms with E-state index in [1.165, 1.54) is 22.9 Å². The number of para-hydroxylation sites is 1. The van der Waals surface area contributed by atoms with Crippen molar-refractivity contribution < 1.29 is 9.59 Å². The number of nitrogens with one attached hydrogen (secondary N) is 1. The second-order valence-electron chi connectivity index (χ2n) is 8.79. The summed E-state index contributed by atoms with van der Waals surface area (Å²) in [6.45, 7) is 1.26. The Morgan fingerprint density at radius 3 is 2.67 bits per heavy atom. The summed E-state index contributed by atoms with van der Waals surface area (Å²) >= 11 is 1.45. The average molecular weight is 461 g/mol. The first kappa shape index (κ1) is 21.9. The number of fused-ring (bicyclic) bond motifs is 2. The van der Waals surface area contributed by atoms with Crippen molar-refractivity contribution in [1.29, 1.82) is 0 Å². The van der Waals surface area contributed by atoms with Crippen LogP contribution in [-0.4, -0.2) is 45.5 Å². The summed E-state index contributed by atoms with van der Waals surface area (Å²) in [7, 11) is 0. The number of piperidine rings is 1. The van der Waals surface area contributed by atoms with Crippen LogP contribution < -0.4 is 5.32 Å². The summed E-state index contributed by atoms with van der Waals surface area (Å²) < 4.78 is 0. The van der Waals surface area contributed by atoms with Crippen LogP contribution in [0.15, 0.2) is 59.9 Å². The minimum Gasteiger partial charge on any atom is -0.349 e. The van der Waals surface area contributed by atoms with Gasteiger partial charge in [0.2, 0.25) is 11.8 Å². The molecule has 5 rings (SSSR count). The Kier molecular flexibility index (Phi) is 6.58. The van der Waals surface area contributed by atoms with Crippen LogP contribution >= 0.6 is 11.8 Å². The lowest BCUT2D eigenvalue weighted by Gasteiger charge is -2.33. The Balaban J connectivity index is 1.13. The molecule has 170 valence electrons. The highest BCUT2D eigenvalue weighted by Crippen LogP contribution is 2.30. The van der Waals surface area contributed by atoms with Gasteiger partial charge in [0.25, 0.3) is 0 Å². The van der Waals surface area contributed by atoms with E-state index in [9.17, 15) is 9.59 Å². The van der Waals surface area contributed by atoms with Crippen molar-refractivity contribution in [1.82, 2.24) is 20.2 Å². The fourth-order valence-corrected chi connectivity index (χ4v) is 5.79. The molecule has 3 aromatic rings. The Hall–Kier alpha value is -2.93. The number of carbonyl (C=O) groups is 2. The fourth-order valence-electron chi connectivity index (χ4n) is 4.90. The molecule has 2 heterocycles. The maximum absolute atomic E-state index is 13.0. The maximum Gasteiger partial charge on any atom is 0.232 e. The van der Waals surface area contributed by atoms with Crippen molar-refractivity contribution in [2.45, 2.75) is 43.2 Å². The third-order valence-electron chi connectivity index (χ3n) is 6.74. The number of benzene rings is 2. The molecule has 0 bridgehead atoms. The first-order valence-corrected chi connectivity index (χ1v) is 12.7. The number of carbonyl (C=O) groups excluding carboxylic acids is 2. The second-order valence-corrected chi connectivity index (χ2v) is 9.76. The van der Waals surface area contributed by atoms with E-state index in [1.807, 2.05) is 29.2 Å². The molecule has 2 aromatic carbocycles. The summed E-state index contributed by atoms with van der Waals surface area (Å²) in [6.07, 6.45) is 6.17. The van der Waals surface area contributed by atoms with E-state index >= 15 is 0 Å². The number of thioether (sulfide) groups is 1. The van der Waals surface area contributed by atoms with Crippen LogP contribution in [0.3, 0.4) is 0 Å². The predicted octanol–water partition coefficient (Wildman–Crippen LogP) is 4.15. The van der Waals surface area contributed by atoms with Crippen LogP contribution in [0.25, 0.3) is 10.9 Å². The van der Waals surface area contributed by atoms with E-state index < -0.39 is 0 Å². The molecule has 1 atom stereocenters. The molecule has 7 heteroatoms. The Bertz CT molecular complexity index is 1150. The van der Waals surface area contributed by atoms with Crippen molar-refractivity contribution in [3.63, 3.8) is 0 Å². The minimum absolute atomic E-state index is 0.0263. The summed E-state index contributed by atoms with van der Waals surface area (Å²) in [5, 5.41) is 5.09. The van der Waals surface area contributed by atoms with E-state index in [2.05, 4.69) is 39.6 Å². The zero-order chi connectivity index (χ0) is 22.6. The van der Waals surface area contributed by atoms with Crippen molar-refractivity contribution in [3.05, 3.63) is 66.0 Å². The molecule has 1 unspecified atom stereocenters. The second kappa shape index (κ2) is 9.91. The van der Waals surface area contributed by atoms with Crippen molar-refractivity contribution in [2.24, 2.45) is 5.92 Å². The van der Waals surface area contributed by atoms with Crippen LogP contribution in [0, 0.1) is 5.92 Å². The number of likely N-dealkylation sites (tertiary alicyclic amines) is 1. The third kappa shape index (κ3) is 4.88. The van der Waals surface area contributed by atoms with Gasteiger partial charge in [-0.3, -0.25) is 9.59 Å². The highest BCUT2D eigenvalue weighted by atomic mass is 32.2. The zero-order valence-electron chi connectivity index (χ0n) is 18.6. The van der Waals surface area contributed by atoms with Crippen LogP contribution in [0.2, 0.25) is 0 Å². The van der Waals surface area contributed by atoms with Crippen molar-refractivity contribution in [3.8, 4) is 0 Å². The minimum atomic E-state index is -0.0263. The van der Waals surface area contributed by atoms with Crippen LogP contribution in [0.1, 0.15) is 42.9 Å². The van der Waals surface area contributed by atoms with Gasteiger partial charge in [0.1, 0.15) is 11.4 Å². The largest absolute Gasteiger partial charge is 0.349 e. The first-order valence-electron chi connectivity index (χ1n) is 11.7. The lowest BCUT2D eigenvalue weighted by molar-refractivity contribution is -0.134. The molecule has 6 nitrogen and oxygen atoms in total. The molecule has 0 saturated carbocycles. The number of nitrogens with zero attached hydrogens (tertiary/aromatic N) is 3. The van der Waals surface area contributed by atoms with Gasteiger partial charge in [0.15, 0.2) is 0 Å². The molecule has 1 saturated heterocycles. The molecule has 2 amide bonds. The average Bonchev–Trinajstić information content (AvgIpc) is 2.87. The summed E-state index contributed by atoms with van der Waals surface area (Å²) in [6, 6.07) is 16.4. The molecule has 0 radical (unpaired) electrons. The normalized spacial score (nSPS) is 18.7. The maximum atomic E-state index is 13.0. The first-order chi connectivity index (χ1) is 16.2. The summed E-state index contributed by atoms with van der Waals surface area (Å²) in [4.78, 5) is 36.3. The standard InChI is InChI=1S/C26H28N4O2S/c31-24(16-33-26-21-9-3-4-10-22(21)27-17-28-26)30-14-12-19(13-15-30)25(32)29-23-11-5-7-18-6-1-2-8-20(18)23/h1-4,6,8-10,17,19,23H,5,7,11-16H2,(H,29,32). The van der Waals surface area contributed by atoms with Gasteiger partial charge in [-0.25, -0.2) is 9.97 Å². The van der Waals surface area contributed by atoms with Gasteiger partial charge in [0.05, 0.1) is 17.3 Å². The molecule has 1 fully saturated rings. The fraction of sp³-hybridized carbons (Fsp3) is 0.385. The van der Waals surface area contributed by atoms with Gasteiger partial charge in [0, 0.05) is 24.4 Å². The Morgan fingerprint density at radius 2 is 1.79 bits per heavy atom. The third-order valence-corrected chi connectivity index (χ3v) is 7.73. The van der Waals surface area contributed by atoms with Gasteiger partial charge in [-0.15, -0.1) is 0 Å². The quantitative estimate of drug-likeness (QED) is 0.457. The van der Waals surface area contributed by atoms with E-state index in [4.69, 9.17) is 0 Å². The van der Waals surface area contributed by atoms with Crippen LogP contribution in [-0.2, 0) is 16.0 Å². The molecule has 0 spiro atoms. The highest BCUT2D eigenvalue weighted by Gasteiger charge is 2.30. The van der Waals surface area contributed by atoms with E-state index in [1.54, 1.807) is 6.33 Å². The number of hydrogen-bond acceptors (Lipinski definition) is 5. The molecule has 2 aliphatic rings. The van der Waals surface area contributed by atoms with E-state index in [-0.39, 0.29) is 23.8 Å². The number of hydrogen-bond donors (Lipinski definition) is 1. The number of amides is 2. The van der Waals surface area contributed by atoms with Gasteiger partial charge in [-0.2, -0.15) is 0 Å². The van der Waals surface area contributed by atoms with E-state index in [0.29, 0.717) is 31.7 Å². The summed E-state index contributed by atoms with van der Waals surface area (Å²) in [5.74, 6) is 0.548. The number of rotatable bonds is 5. The SMILES string of the molecule is O=C(NC1CCCc2ccccc21)C1CCN(C(=O)CSc2ncnc3ccccc23)CC1. The predicted molar refractivity (Wildman–Crippen MR) is 130 cm³/mol. The Morgan fingerprint density at radius 1 is 1.00 bits per heavy atom. The molecule has 1 aromatic heterocycles. The lowest BCUT2D eigenvalue weighted by atomic mass is 9.87. The highest BCUT2D eigenvalue weighted by molar-refractivity contribution is 8.00. The molecule has 33 heavy (non-hydrogen) atoms. The van der Waals surface area contributed by atoms with Gasteiger partial charge in [-0.1, -0.05) is 54.2 Å². The van der Waals surface area contributed by atoms with Crippen LogP contribution in [0.5, 0.6) is 0 Å². The van der Waals surface area contributed by atoms with Crippen molar-refractivity contribution in [2.75, 3.05) is 18.8 Å². The molecular weight excluding hydrogens is 432 g/mol. The smallest absolute Gasteiger partial charge is 0.232 e. The van der Waals surface area contributed by atoms with Crippen molar-refractivity contribution >= 4 is 34.5 Å². The topological polar surface area (TPSA) is 75.2 Å². The monoisotopic (exact) mass is 460 g/mol. The van der Waals surface area contributed by atoms with Crippen LogP contribution in [0.4, 0.5) is 0 Å². The molecule has 1 aliphatic carbocycles. The Labute approximate surface area is 198 Å². The molecular formula is C26H28N4O2S. The van der Waals surface area contributed by atoms with Gasteiger partial charge >= 0.3 is 0 Å². The summed E-state index contributed by atoms with van der Waals surface area (Å²) in [5.41, 5.74) is 3.50. The lowest BCUT2D eigenvalue weighted by Crippen LogP contribution is -2.44. The number of aryl methyl sites for hydroxylation is 1. The van der Waals surface area contributed by atoms with Gasteiger partial charge < -0.3 is 10.2 Å². The van der Waals surface area contributed by atoms with E-state index in [0.717, 1.165) is 35.2 Å². The zero-order valence-corrected chi connectivity index (χ0v) is 19.4. The number of aromatic nitrogens is 2. The molecule has 1 aliphatic heterocycles. The van der Waals surface area contributed by atoms with Gasteiger partial charge in [-0.05, 0) is 49.3 Å². The molecule has 1 N–H and O–H groups in total.